The van der Waals surface area contributed by atoms with Crippen molar-refractivity contribution in [1.29, 1.82) is 0 Å². The molecule has 1 heterocycles. The molecule has 0 saturated carbocycles. The fraction of sp³-hybridized carbons (Fsp3) is 0.833. The van der Waals surface area contributed by atoms with Gasteiger partial charge >= 0.3 is 0 Å². The molecule has 1 aliphatic heterocycles. The van der Waals surface area contributed by atoms with Crippen molar-refractivity contribution < 1.29 is 15.1 Å². The smallest absolute Gasteiger partial charge is 0.236 e. The van der Waals surface area contributed by atoms with E-state index >= 15 is 0 Å². The van der Waals surface area contributed by atoms with Gasteiger partial charge in [-0.2, -0.15) is 0 Å². The van der Waals surface area contributed by atoms with Gasteiger partial charge in [0, 0.05) is 13.1 Å². The number of β-amino-alcohol motifs (C(OH)–C–C–N with tert-alkyl or cyclic N) is 1. The van der Waals surface area contributed by atoms with E-state index in [1.165, 1.54) is 0 Å². The van der Waals surface area contributed by atoms with Crippen molar-refractivity contribution in [3.8, 4) is 0 Å². The number of rotatable bonds is 4. The molecule has 1 saturated heterocycles. The Kier molecular flexibility index (Phi) is 4.95. The molecule has 1 amide bonds. The highest BCUT2D eigenvalue weighted by Gasteiger charge is 2.43. The van der Waals surface area contributed by atoms with Gasteiger partial charge in [-0.3, -0.25) is 4.79 Å². The molecule has 4 N–H and O–H groups in total. The maximum Gasteiger partial charge on any atom is 0.236 e. The van der Waals surface area contributed by atoms with Crippen LogP contribution in [0.2, 0.25) is 0 Å². The van der Waals surface area contributed by atoms with Crippen LogP contribution in [0.4, 0.5) is 0 Å². The number of carbonyl (C=O) groups excluding carboxylic acids is 1. The van der Waals surface area contributed by atoms with Crippen molar-refractivity contribution in [2.24, 2.45) is 16.3 Å². The number of piperidine rings is 1. The third-order valence-electron chi connectivity index (χ3n) is 3.90. The molecule has 0 aliphatic carbocycles. The molecule has 6 heteroatoms. The number of hydrogen-bond donors (Lipinski definition) is 3. The van der Waals surface area contributed by atoms with Crippen LogP contribution < -0.4 is 5.73 Å². The van der Waals surface area contributed by atoms with Crippen LogP contribution in [0.5, 0.6) is 0 Å². The van der Waals surface area contributed by atoms with Crippen molar-refractivity contribution >= 4 is 11.7 Å². The summed E-state index contributed by atoms with van der Waals surface area (Å²) in [6.45, 7) is 4.65. The Morgan fingerprint density at radius 3 is 2.56 bits per heavy atom. The van der Waals surface area contributed by atoms with Gasteiger partial charge in [0.1, 0.15) is 5.41 Å². The van der Waals surface area contributed by atoms with E-state index in [4.69, 9.17) is 10.9 Å². The summed E-state index contributed by atoms with van der Waals surface area (Å²) < 4.78 is 0. The Bertz CT molecular complexity index is 327. The second-order valence-corrected chi connectivity index (χ2v) is 4.82. The van der Waals surface area contributed by atoms with E-state index in [9.17, 15) is 9.90 Å². The van der Waals surface area contributed by atoms with Crippen LogP contribution in [0, 0.1) is 5.41 Å². The number of aliphatic hydroxyl groups is 1. The average molecular weight is 257 g/mol. The molecule has 0 aromatic carbocycles. The van der Waals surface area contributed by atoms with E-state index < -0.39 is 11.5 Å². The minimum Gasteiger partial charge on any atom is -0.409 e. The largest absolute Gasteiger partial charge is 0.409 e. The first-order valence-corrected chi connectivity index (χ1v) is 6.47. The quantitative estimate of drug-likeness (QED) is 0.296. The van der Waals surface area contributed by atoms with Gasteiger partial charge in [-0.05, 0) is 25.7 Å². The fourth-order valence-corrected chi connectivity index (χ4v) is 2.56. The number of nitrogens with two attached hydrogens (primary N) is 1. The standard InChI is InChI=1S/C12H23N3O3/c1-3-12(4-2,10(13)14-18)11(17)15-7-5-6-9(16)8-15/h9,16,18H,3-8H2,1-2H3,(H2,13,14). The number of amidine groups is 1. The Morgan fingerprint density at radius 1 is 1.50 bits per heavy atom. The summed E-state index contributed by atoms with van der Waals surface area (Å²) in [7, 11) is 0. The number of oxime groups is 1. The predicted molar refractivity (Wildman–Crippen MR) is 68.2 cm³/mol. The molecule has 0 bridgehead atoms. The summed E-state index contributed by atoms with van der Waals surface area (Å²) in [5.74, 6) is -0.195. The number of likely N-dealkylation sites (tertiary alicyclic amines) is 1. The molecule has 0 aromatic rings. The topological polar surface area (TPSA) is 99.2 Å². The molecule has 1 unspecified atom stereocenters. The van der Waals surface area contributed by atoms with Crippen molar-refractivity contribution in [2.45, 2.75) is 45.6 Å². The summed E-state index contributed by atoms with van der Waals surface area (Å²) in [4.78, 5) is 14.2. The molecule has 18 heavy (non-hydrogen) atoms. The van der Waals surface area contributed by atoms with Gasteiger partial charge in [0.15, 0.2) is 5.84 Å². The van der Waals surface area contributed by atoms with E-state index in [0.717, 1.165) is 12.8 Å². The van der Waals surface area contributed by atoms with Crippen LogP contribution in [0.3, 0.4) is 0 Å². The van der Waals surface area contributed by atoms with E-state index in [2.05, 4.69) is 5.16 Å². The molecule has 6 nitrogen and oxygen atoms in total. The highest BCUT2D eigenvalue weighted by molar-refractivity contribution is 6.06. The monoisotopic (exact) mass is 257 g/mol. The third kappa shape index (κ3) is 2.58. The zero-order chi connectivity index (χ0) is 13.8. The summed E-state index contributed by atoms with van der Waals surface area (Å²) in [5, 5.41) is 21.5. The van der Waals surface area contributed by atoms with Gasteiger partial charge < -0.3 is 20.9 Å². The predicted octanol–water partition coefficient (Wildman–Crippen LogP) is 0.523. The molecule has 0 aromatic heterocycles. The summed E-state index contributed by atoms with van der Waals surface area (Å²) in [6.07, 6.45) is 1.99. The first-order chi connectivity index (χ1) is 8.51. The highest BCUT2D eigenvalue weighted by Crippen LogP contribution is 2.30. The molecule has 1 atom stereocenters. The molecule has 1 fully saturated rings. The number of nitrogens with zero attached hydrogens (tertiary/aromatic N) is 2. The average Bonchev–Trinajstić information content (AvgIpc) is 2.40. The van der Waals surface area contributed by atoms with Crippen molar-refractivity contribution in [3.63, 3.8) is 0 Å². The molecule has 0 radical (unpaired) electrons. The molecule has 104 valence electrons. The van der Waals surface area contributed by atoms with Crippen LogP contribution >= 0.6 is 0 Å². The van der Waals surface area contributed by atoms with Gasteiger partial charge in [0.25, 0.3) is 0 Å². The van der Waals surface area contributed by atoms with E-state index in [-0.39, 0.29) is 11.7 Å². The first-order valence-electron chi connectivity index (χ1n) is 6.47. The first kappa shape index (κ1) is 14.8. The maximum absolute atomic E-state index is 12.6. The number of hydrogen-bond acceptors (Lipinski definition) is 4. The van der Waals surface area contributed by atoms with E-state index in [1.54, 1.807) is 4.90 Å². The minimum atomic E-state index is -0.953. The highest BCUT2D eigenvalue weighted by atomic mass is 16.4. The van der Waals surface area contributed by atoms with Crippen molar-refractivity contribution in [2.75, 3.05) is 13.1 Å². The van der Waals surface area contributed by atoms with Gasteiger partial charge in [-0.25, -0.2) is 0 Å². The normalized spacial score (nSPS) is 22.1. The lowest BCUT2D eigenvalue weighted by Gasteiger charge is -2.38. The zero-order valence-electron chi connectivity index (χ0n) is 11.1. The SMILES string of the molecule is CCC(CC)(C(=O)N1CCCC(O)C1)C(N)=NO. The van der Waals surface area contributed by atoms with Gasteiger partial charge in [0.2, 0.25) is 5.91 Å². The summed E-state index contributed by atoms with van der Waals surface area (Å²) in [6, 6.07) is 0. The fourth-order valence-electron chi connectivity index (χ4n) is 2.56. The van der Waals surface area contributed by atoms with Gasteiger partial charge in [0.05, 0.1) is 6.10 Å². The van der Waals surface area contributed by atoms with Crippen molar-refractivity contribution in [1.82, 2.24) is 4.90 Å². The second-order valence-electron chi connectivity index (χ2n) is 4.82. The lowest BCUT2D eigenvalue weighted by atomic mass is 9.79. The summed E-state index contributed by atoms with van der Waals surface area (Å²) in [5.41, 5.74) is 4.75. The van der Waals surface area contributed by atoms with Crippen LogP contribution in [0.15, 0.2) is 5.16 Å². The Balaban J connectivity index is 2.95. The van der Waals surface area contributed by atoms with Crippen molar-refractivity contribution in [3.05, 3.63) is 0 Å². The van der Waals surface area contributed by atoms with Crippen LogP contribution in [-0.4, -0.2) is 46.1 Å². The molecule has 1 rings (SSSR count). The number of aliphatic hydroxyl groups excluding tert-OH is 1. The second kappa shape index (κ2) is 6.04. The molecular weight excluding hydrogens is 234 g/mol. The van der Waals surface area contributed by atoms with Crippen LogP contribution in [0.25, 0.3) is 0 Å². The Labute approximate surface area is 107 Å². The Hall–Kier alpha value is -1.30. The summed E-state index contributed by atoms with van der Waals surface area (Å²) >= 11 is 0. The van der Waals surface area contributed by atoms with Crippen LogP contribution in [-0.2, 0) is 4.79 Å². The maximum atomic E-state index is 12.6. The molecule has 1 aliphatic rings. The zero-order valence-corrected chi connectivity index (χ0v) is 11.1. The van der Waals surface area contributed by atoms with E-state index in [0.29, 0.717) is 25.9 Å². The third-order valence-corrected chi connectivity index (χ3v) is 3.90. The molecular formula is C12H23N3O3. The Morgan fingerprint density at radius 2 is 2.11 bits per heavy atom. The van der Waals surface area contributed by atoms with Crippen LogP contribution in [0.1, 0.15) is 39.5 Å². The number of amides is 1. The van der Waals surface area contributed by atoms with Gasteiger partial charge in [-0.15, -0.1) is 0 Å². The number of carbonyl (C=O) groups is 1. The lowest BCUT2D eigenvalue weighted by molar-refractivity contribution is -0.142. The lowest BCUT2D eigenvalue weighted by Crippen LogP contribution is -2.54. The minimum absolute atomic E-state index is 0.0439. The molecule has 0 spiro atoms. The van der Waals surface area contributed by atoms with E-state index in [1.807, 2.05) is 13.8 Å². The van der Waals surface area contributed by atoms with Gasteiger partial charge in [-0.1, -0.05) is 19.0 Å².